The molecule has 3 nitrogen and oxygen atoms in total. The summed E-state index contributed by atoms with van der Waals surface area (Å²) >= 11 is 6.15. The maximum absolute atomic E-state index is 12.8. The molecule has 1 atom stereocenters. The lowest BCUT2D eigenvalue weighted by atomic mass is 10.00. The van der Waals surface area contributed by atoms with Crippen LogP contribution >= 0.6 is 11.6 Å². The molecular weight excluding hydrogens is 345 g/mol. The van der Waals surface area contributed by atoms with Crippen molar-refractivity contribution in [3.63, 3.8) is 0 Å². The SMILES string of the molecule is FC(F)(F)C1C=Cc2cc(-c3ccc4c(c3)OCO4)cc(Cl)c2O1. The number of ether oxygens (including phenoxy) is 3. The van der Waals surface area contributed by atoms with Crippen molar-refractivity contribution in [2.45, 2.75) is 12.3 Å². The van der Waals surface area contributed by atoms with E-state index in [-0.39, 0.29) is 17.6 Å². The molecular formula is C17H10ClF3O3. The molecule has 0 saturated carbocycles. The molecule has 0 aliphatic carbocycles. The molecule has 124 valence electrons. The first kappa shape index (κ1) is 15.2. The van der Waals surface area contributed by atoms with Crippen molar-refractivity contribution in [2.75, 3.05) is 6.79 Å². The van der Waals surface area contributed by atoms with Crippen molar-refractivity contribution < 1.29 is 27.4 Å². The average molecular weight is 355 g/mol. The number of fused-ring (bicyclic) bond motifs is 2. The van der Waals surface area contributed by atoms with E-state index in [0.29, 0.717) is 17.1 Å². The zero-order valence-corrected chi connectivity index (χ0v) is 12.8. The lowest BCUT2D eigenvalue weighted by Gasteiger charge is -2.24. The van der Waals surface area contributed by atoms with Crippen molar-refractivity contribution >= 4 is 17.7 Å². The zero-order valence-electron chi connectivity index (χ0n) is 12.1. The third-order valence-corrected chi connectivity index (χ3v) is 4.08. The lowest BCUT2D eigenvalue weighted by molar-refractivity contribution is -0.180. The van der Waals surface area contributed by atoms with E-state index in [2.05, 4.69) is 0 Å². The van der Waals surface area contributed by atoms with Gasteiger partial charge in [0.05, 0.1) is 5.02 Å². The van der Waals surface area contributed by atoms with Gasteiger partial charge in [0, 0.05) is 5.56 Å². The number of hydrogen-bond acceptors (Lipinski definition) is 3. The topological polar surface area (TPSA) is 27.7 Å². The Labute approximate surface area is 140 Å². The Hall–Kier alpha value is -2.34. The molecule has 2 heterocycles. The van der Waals surface area contributed by atoms with Crippen LogP contribution in [0.15, 0.2) is 36.4 Å². The number of hydrogen-bond donors (Lipinski definition) is 0. The minimum Gasteiger partial charge on any atom is -0.475 e. The number of halogens is 4. The molecule has 2 aliphatic rings. The van der Waals surface area contributed by atoms with Crippen LogP contribution in [0.2, 0.25) is 5.02 Å². The molecule has 2 aromatic carbocycles. The smallest absolute Gasteiger partial charge is 0.429 e. The normalized spacial score (nSPS) is 18.2. The van der Waals surface area contributed by atoms with E-state index in [0.717, 1.165) is 17.2 Å². The summed E-state index contributed by atoms with van der Waals surface area (Å²) in [6, 6.07) is 8.70. The Morgan fingerprint density at radius 1 is 1.00 bits per heavy atom. The Kier molecular flexibility index (Phi) is 3.38. The maximum atomic E-state index is 12.8. The molecule has 24 heavy (non-hydrogen) atoms. The summed E-state index contributed by atoms with van der Waals surface area (Å²) in [6.45, 7) is 0.166. The van der Waals surface area contributed by atoms with Crippen LogP contribution in [0.1, 0.15) is 5.56 Å². The van der Waals surface area contributed by atoms with E-state index >= 15 is 0 Å². The van der Waals surface area contributed by atoms with Gasteiger partial charge >= 0.3 is 6.18 Å². The highest BCUT2D eigenvalue weighted by Gasteiger charge is 2.42. The standard InChI is InChI=1S/C17H10ClF3O3/c18-12-6-11(9-1-3-13-14(7-9)23-8-22-13)5-10-2-4-15(17(19,20)21)24-16(10)12/h1-7,15H,8H2. The van der Waals surface area contributed by atoms with Gasteiger partial charge < -0.3 is 14.2 Å². The molecule has 0 saturated heterocycles. The van der Waals surface area contributed by atoms with Crippen LogP contribution in [0.5, 0.6) is 17.2 Å². The second-order valence-corrected chi connectivity index (χ2v) is 5.79. The average Bonchev–Trinajstić information content (AvgIpc) is 3.01. The molecule has 0 fully saturated rings. The highest BCUT2D eigenvalue weighted by Crippen LogP contribution is 2.42. The maximum Gasteiger partial charge on any atom is 0.429 e. The van der Waals surface area contributed by atoms with Gasteiger partial charge in [-0.1, -0.05) is 23.7 Å². The van der Waals surface area contributed by atoms with Crippen molar-refractivity contribution in [3.8, 4) is 28.4 Å². The first-order valence-electron chi connectivity index (χ1n) is 7.07. The Balaban J connectivity index is 1.73. The molecule has 4 rings (SSSR count). The van der Waals surface area contributed by atoms with Crippen molar-refractivity contribution in [1.82, 2.24) is 0 Å². The van der Waals surface area contributed by atoms with Crippen LogP contribution < -0.4 is 14.2 Å². The van der Waals surface area contributed by atoms with Crippen LogP contribution in [-0.2, 0) is 0 Å². The lowest BCUT2D eigenvalue weighted by Crippen LogP contribution is -2.33. The number of alkyl halides is 3. The molecule has 0 bridgehead atoms. The van der Waals surface area contributed by atoms with E-state index in [9.17, 15) is 13.2 Å². The summed E-state index contributed by atoms with van der Waals surface area (Å²) < 4.78 is 54.0. The molecule has 2 aliphatic heterocycles. The minimum atomic E-state index is -4.48. The van der Waals surface area contributed by atoms with E-state index < -0.39 is 12.3 Å². The van der Waals surface area contributed by atoms with Gasteiger partial charge in [0.25, 0.3) is 0 Å². The first-order chi connectivity index (χ1) is 11.4. The Morgan fingerprint density at radius 3 is 2.58 bits per heavy atom. The monoisotopic (exact) mass is 354 g/mol. The van der Waals surface area contributed by atoms with Crippen LogP contribution in [-0.4, -0.2) is 19.1 Å². The van der Waals surface area contributed by atoms with Gasteiger partial charge in [-0.3, -0.25) is 0 Å². The molecule has 0 amide bonds. The number of benzene rings is 2. The van der Waals surface area contributed by atoms with Gasteiger partial charge in [0.2, 0.25) is 12.9 Å². The summed E-state index contributed by atoms with van der Waals surface area (Å²) in [7, 11) is 0. The summed E-state index contributed by atoms with van der Waals surface area (Å²) in [5.74, 6) is 1.30. The highest BCUT2D eigenvalue weighted by molar-refractivity contribution is 6.32. The van der Waals surface area contributed by atoms with Crippen molar-refractivity contribution in [3.05, 3.63) is 47.0 Å². The first-order valence-corrected chi connectivity index (χ1v) is 7.45. The molecule has 2 aromatic rings. The predicted molar refractivity (Wildman–Crippen MR) is 82.5 cm³/mol. The van der Waals surface area contributed by atoms with E-state index in [1.54, 1.807) is 24.3 Å². The third-order valence-electron chi connectivity index (χ3n) is 3.80. The second kappa shape index (κ2) is 5.34. The van der Waals surface area contributed by atoms with Gasteiger partial charge in [-0.15, -0.1) is 0 Å². The summed E-state index contributed by atoms with van der Waals surface area (Å²) in [5.41, 5.74) is 2.06. The summed E-state index contributed by atoms with van der Waals surface area (Å²) in [5, 5.41) is 0.124. The highest BCUT2D eigenvalue weighted by atomic mass is 35.5. The Bertz CT molecular complexity index is 846. The summed E-state index contributed by atoms with van der Waals surface area (Å²) in [6.07, 6.45) is -4.12. The fraction of sp³-hybridized carbons (Fsp3) is 0.176. The van der Waals surface area contributed by atoms with Crippen LogP contribution in [0.3, 0.4) is 0 Å². The predicted octanol–water partition coefficient (Wildman–Crippen LogP) is 5.07. The molecule has 7 heteroatoms. The molecule has 0 radical (unpaired) electrons. The Morgan fingerprint density at radius 2 is 1.79 bits per heavy atom. The largest absolute Gasteiger partial charge is 0.475 e. The van der Waals surface area contributed by atoms with Gasteiger partial charge in [-0.05, 0) is 41.5 Å². The van der Waals surface area contributed by atoms with Crippen molar-refractivity contribution in [2.24, 2.45) is 0 Å². The van der Waals surface area contributed by atoms with Gasteiger partial charge in [-0.2, -0.15) is 13.2 Å². The second-order valence-electron chi connectivity index (χ2n) is 5.38. The molecule has 0 N–H and O–H groups in total. The van der Waals surface area contributed by atoms with Gasteiger partial charge in [0.15, 0.2) is 11.5 Å². The van der Waals surface area contributed by atoms with Crippen LogP contribution in [0, 0.1) is 0 Å². The third kappa shape index (κ3) is 2.57. The molecule has 0 aromatic heterocycles. The van der Waals surface area contributed by atoms with Crippen molar-refractivity contribution in [1.29, 1.82) is 0 Å². The van der Waals surface area contributed by atoms with Crippen LogP contribution in [0.25, 0.3) is 17.2 Å². The van der Waals surface area contributed by atoms with Gasteiger partial charge in [0.1, 0.15) is 5.75 Å². The van der Waals surface area contributed by atoms with E-state index in [1.807, 2.05) is 6.07 Å². The zero-order chi connectivity index (χ0) is 16.9. The molecule has 1 unspecified atom stereocenters. The minimum absolute atomic E-state index is 0.0333. The quantitative estimate of drug-likeness (QED) is 0.715. The van der Waals surface area contributed by atoms with Gasteiger partial charge in [-0.25, -0.2) is 0 Å². The fourth-order valence-electron chi connectivity index (χ4n) is 2.64. The molecule has 0 spiro atoms. The summed E-state index contributed by atoms with van der Waals surface area (Å²) in [4.78, 5) is 0. The van der Waals surface area contributed by atoms with E-state index in [1.165, 1.54) is 6.08 Å². The fourth-order valence-corrected chi connectivity index (χ4v) is 2.91. The number of rotatable bonds is 1. The van der Waals surface area contributed by atoms with Crippen LogP contribution in [0.4, 0.5) is 13.2 Å². The van der Waals surface area contributed by atoms with E-state index in [4.69, 9.17) is 25.8 Å².